The van der Waals surface area contributed by atoms with Gasteiger partial charge in [0.2, 0.25) is 0 Å². The van der Waals surface area contributed by atoms with Crippen LogP contribution in [0.5, 0.6) is 5.75 Å². The van der Waals surface area contributed by atoms with Crippen molar-refractivity contribution < 1.29 is 23.4 Å². The van der Waals surface area contributed by atoms with Gasteiger partial charge in [-0.15, -0.1) is 0 Å². The maximum atomic E-state index is 12.3. The zero-order valence-corrected chi connectivity index (χ0v) is 7.20. The number of aromatic carboxylic acids is 1. The van der Waals surface area contributed by atoms with Crippen LogP contribution in [0.25, 0.3) is 0 Å². The van der Waals surface area contributed by atoms with Crippen LogP contribution in [-0.2, 0) is 0 Å². The Labute approximate surface area is 78.1 Å². The standard InChI is InChI=1S/C8H7F2NO3/c1-14-6-2-5(8(12)13)11-3-4(6)7(9)10/h2-3,7H,1H3,(H,12,13). The number of carboxylic acid groups (broad SMARTS) is 1. The van der Waals surface area contributed by atoms with E-state index in [2.05, 4.69) is 9.72 Å². The van der Waals surface area contributed by atoms with Crippen LogP contribution >= 0.6 is 0 Å². The molecule has 6 heteroatoms. The smallest absolute Gasteiger partial charge is 0.354 e. The van der Waals surface area contributed by atoms with Crippen LogP contribution in [0.1, 0.15) is 22.5 Å². The second-order valence-corrected chi connectivity index (χ2v) is 2.42. The first-order valence-electron chi connectivity index (χ1n) is 3.61. The summed E-state index contributed by atoms with van der Waals surface area (Å²) in [4.78, 5) is 13.8. The number of alkyl halides is 2. The molecule has 1 N–H and O–H groups in total. The highest BCUT2D eigenvalue weighted by molar-refractivity contribution is 5.85. The molecule has 0 unspecified atom stereocenters. The molecule has 0 aliphatic rings. The Balaban J connectivity index is 3.18. The molecular formula is C8H7F2NO3. The fraction of sp³-hybridized carbons (Fsp3) is 0.250. The molecule has 0 aliphatic heterocycles. The molecule has 0 bridgehead atoms. The summed E-state index contributed by atoms with van der Waals surface area (Å²) in [5.74, 6) is -1.46. The van der Waals surface area contributed by atoms with Crippen molar-refractivity contribution in [3.8, 4) is 5.75 Å². The minimum atomic E-state index is -2.74. The molecule has 0 atom stereocenters. The Kier molecular flexibility index (Phi) is 2.95. The van der Waals surface area contributed by atoms with E-state index in [9.17, 15) is 13.6 Å². The highest BCUT2D eigenvalue weighted by Gasteiger charge is 2.16. The van der Waals surface area contributed by atoms with Crippen molar-refractivity contribution in [3.05, 3.63) is 23.5 Å². The second-order valence-electron chi connectivity index (χ2n) is 2.42. The third-order valence-electron chi connectivity index (χ3n) is 1.57. The van der Waals surface area contributed by atoms with Gasteiger partial charge in [-0.05, 0) is 0 Å². The SMILES string of the molecule is COc1cc(C(=O)O)ncc1C(F)F. The van der Waals surface area contributed by atoms with Gasteiger partial charge in [-0.1, -0.05) is 0 Å². The van der Waals surface area contributed by atoms with Gasteiger partial charge in [-0.25, -0.2) is 18.6 Å². The Morgan fingerprint density at radius 3 is 2.71 bits per heavy atom. The molecule has 1 heterocycles. The van der Waals surface area contributed by atoms with Crippen LogP contribution in [0, 0.1) is 0 Å². The van der Waals surface area contributed by atoms with Crippen molar-refractivity contribution in [2.24, 2.45) is 0 Å². The van der Waals surface area contributed by atoms with Crippen molar-refractivity contribution in [2.45, 2.75) is 6.43 Å². The average Bonchev–Trinajstić information content (AvgIpc) is 2.16. The maximum Gasteiger partial charge on any atom is 0.354 e. The first kappa shape index (κ1) is 10.4. The molecule has 14 heavy (non-hydrogen) atoms. The number of rotatable bonds is 3. The zero-order chi connectivity index (χ0) is 10.7. The minimum absolute atomic E-state index is 0.174. The van der Waals surface area contributed by atoms with Crippen LogP contribution in [-0.4, -0.2) is 23.2 Å². The molecular weight excluding hydrogens is 196 g/mol. The third-order valence-corrected chi connectivity index (χ3v) is 1.57. The lowest BCUT2D eigenvalue weighted by atomic mass is 10.2. The molecule has 0 spiro atoms. The number of pyridine rings is 1. The number of hydrogen-bond acceptors (Lipinski definition) is 3. The molecule has 0 saturated carbocycles. The van der Waals surface area contributed by atoms with E-state index in [4.69, 9.17) is 5.11 Å². The molecule has 1 aromatic heterocycles. The van der Waals surface area contributed by atoms with Crippen molar-refractivity contribution in [1.82, 2.24) is 4.98 Å². The van der Waals surface area contributed by atoms with Crippen LogP contribution in [0.3, 0.4) is 0 Å². The highest BCUT2D eigenvalue weighted by Crippen LogP contribution is 2.28. The van der Waals surface area contributed by atoms with E-state index in [0.29, 0.717) is 0 Å². The summed E-state index contributed by atoms with van der Waals surface area (Å²) in [5, 5.41) is 8.53. The molecule has 1 aromatic rings. The summed E-state index contributed by atoms with van der Waals surface area (Å²) in [6.07, 6.45) is -1.94. The number of carbonyl (C=O) groups is 1. The highest BCUT2D eigenvalue weighted by atomic mass is 19.3. The monoisotopic (exact) mass is 203 g/mol. The van der Waals surface area contributed by atoms with Crippen LogP contribution < -0.4 is 4.74 Å². The van der Waals surface area contributed by atoms with Gasteiger partial charge in [0.05, 0.1) is 12.7 Å². The molecule has 0 fully saturated rings. The normalized spacial score (nSPS) is 10.3. The van der Waals surface area contributed by atoms with E-state index in [1.807, 2.05) is 0 Å². The predicted octanol–water partition coefficient (Wildman–Crippen LogP) is 1.73. The summed E-state index contributed by atoms with van der Waals surface area (Å²) in [5.41, 5.74) is -0.747. The molecule has 0 aliphatic carbocycles. The van der Waals surface area contributed by atoms with Crippen molar-refractivity contribution >= 4 is 5.97 Å². The Hall–Kier alpha value is -1.72. The van der Waals surface area contributed by atoms with Crippen molar-refractivity contribution in [3.63, 3.8) is 0 Å². The van der Waals surface area contributed by atoms with E-state index in [-0.39, 0.29) is 11.4 Å². The first-order chi connectivity index (χ1) is 6.56. The second kappa shape index (κ2) is 3.99. The van der Waals surface area contributed by atoms with Crippen LogP contribution in [0.2, 0.25) is 0 Å². The van der Waals surface area contributed by atoms with Gasteiger partial charge in [0.25, 0.3) is 6.43 Å². The van der Waals surface area contributed by atoms with Crippen LogP contribution in [0.15, 0.2) is 12.3 Å². The molecule has 4 nitrogen and oxygen atoms in total. The molecule has 0 radical (unpaired) electrons. The zero-order valence-electron chi connectivity index (χ0n) is 7.20. The van der Waals surface area contributed by atoms with Crippen LogP contribution in [0.4, 0.5) is 8.78 Å². The quantitative estimate of drug-likeness (QED) is 0.812. The van der Waals surface area contributed by atoms with E-state index in [1.54, 1.807) is 0 Å². The number of nitrogens with zero attached hydrogens (tertiary/aromatic N) is 1. The van der Waals surface area contributed by atoms with Gasteiger partial charge in [0, 0.05) is 12.3 Å². The number of hydrogen-bond donors (Lipinski definition) is 1. The number of ether oxygens (including phenoxy) is 1. The summed E-state index contributed by atoms with van der Waals surface area (Å²) < 4.78 is 29.2. The first-order valence-corrected chi connectivity index (χ1v) is 3.61. The van der Waals surface area contributed by atoms with E-state index < -0.39 is 18.0 Å². The summed E-state index contributed by atoms with van der Waals surface area (Å²) >= 11 is 0. The Morgan fingerprint density at radius 1 is 1.64 bits per heavy atom. The molecule has 76 valence electrons. The maximum absolute atomic E-state index is 12.3. The molecule has 0 aromatic carbocycles. The molecule has 1 rings (SSSR count). The predicted molar refractivity (Wildman–Crippen MR) is 42.7 cm³/mol. The van der Waals surface area contributed by atoms with Crippen molar-refractivity contribution in [1.29, 1.82) is 0 Å². The average molecular weight is 203 g/mol. The van der Waals surface area contributed by atoms with E-state index in [0.717, 1.165) is 12.3 Å². The fourth-order valence-corrected chi connectivity index (χ4v) is 0.905. The number of carboxylic acids is 1. The van der Waals surface area contributed by atoms with Gasteiger partial charge in [0.1, 0.15) is 5.75 Å². The Morgan fingerprint density at radius 2 is 2.29 bits per heavy atom. The number of methoxy groups -OCH3 is 1. The fourth-order valence-electron chi connectivity index (χ4n) is 0.905. The number of aromatic nitrogens is 1. The van der Waals surface area contributed by atoms with Gasteiger partial charge >= 0.3 is 5.97 Å². The minimum Gasteiger partial charge on any atom is -0.496 e. The molecule has 0 amide bonds. The lowest BCUT2D eigenvalue weighted by molar-refractivity contribution is 0.0689. The number of halogens is 2. The lowest BCUT2D eigenvalue weighted by Crippen LogP contribution is -2.03. The summed E-state index contributed by atoms with van der Waals surface area (Å²) in [6.45, 7) is 0. The van der Waals surface area contributed by atoms with Gasteiger partial charge in [0.15, 0.2) is 5.69 Å². The Bertz CT molecular complexity index is 354. The van der Waals surface area contributed by atoms with Gasteiger partial charge in [-0.2, -0.15) is 0 Å². The third kappa shape index (κ3) is 1.95. The molecule has 0 saturated heterocycles. The summed E-state index contributed by atoms with van der Waals surface area (Å²) in [6, 6.07) is 0.962. The largest absolute Gasteiger partial charge is 0.496 e. The van der Waals surface area contributed by atoms with Crippen molar-refractivity contribution in [2.75, 3.05) is 7.11 Å². The van der Waals surface area contributed by atoms with E-state index >= 15 is 0 Å². The summed E-state index contributed by atoms with van der Waals surface area (Å²) in [7, 11) is 1.19. The van der Waals surface area contributed by atoms with E-state index in [1.165, 1.54) is 7.11 Å². The van der Waals surface area contributed by atoms with Gasteiger partial charge in [-0.3, -0.25) is 0 Å². The lowest BCUT2D eigenvalue weighted by Gasteiger charge is -2.07. The van der Waals surface area contributed by atoms with Gasteiger partial charge < -0.3 is 9.84 Å². The topological polar surface area (TPSA) is 59.4 Å².